The van der Waals surface area contributed by atoms with Crippen LogP contribution in [0.1, 0.15) is 18.4 Å². The van der Waals surface area contributed by atoms with Gasteiger partial charge in [0, 0.05) is 40.0 Å². The maximum Gasteiger partial charge on any atom is 0.240 e. The molecule has 154 valence electrons. The first kappa shape index (κ1) is 23.8. The fourth-order valence-electron chi connectivity index (χ4n) is 2.80. The molecule has 0 bridgehead atoms. The lowest BCUT2D eigenvalue weighted by Gasteiger charge is -2.34. The summed E-state index contributed by atoms with van der Waals surface area (Å²) < 4.78 is 36.8. The second-order valence-electron chi connectivity index (χ2n) is 6.31. The van der Waals surface area contributed by atoms with E-state index in [1.54, 1.807) is 12.1 Å². The predicted molar refractivity (Wildman–Crippen MR) is 104 cm³/mol. The third kappa shape index (κ3) is 6.41. The number of methoxy groups -OCH3 is 1. The quantitative estimate of drug-likeness (QED) is 0.496. The fourth-order valence-corrected chi connectivity index (χ4v) is 3.82. The van der Waals surface area contributed by atoms with Gasteiger partial charge in [0.1, 0.15) is 0 Å². The van der Waals surface area contributed by atoms with Crippen molar-refractivity contribution in [2.24, 2.45) is 11.1 Å². The Bertz CT molecular complexity index is 691. The second-order valence-corrected chi connectivity index (χ2v) is 8.08. The van der Waals surface area contributed by atoms with Crippen LogP contribution in [-0.4, -0.2) is 54.3 Å². The van der Waals surface area contributed by atoms with Gasteiger partial charge in [0.2, 0.25) is 15.9 Å². The topological polar surface area (TPSA) is 120 Å². The first-order valence-corrected chi connectivity index (χ1v) is 10.1. The summed E-state index contributed by atoms with van der Waals surface area (Å²) in [5.41, 5.74) is 6.06. The zero-order chi connectivity index (χ0) is 19.0. The highest BCUT2D eigenvalue weighted by Crippen LogP contribution is 2.29. The molecule has 0 atom stereocenters. The van der Waals surface area contributed by atoms with Gasteiger partial charge >= 0.3 is 0 Å². The van der Waals surface area contributed by atoms with Gasteiger partial charge in [0.05, 0.1) is 16.9 Å². The lowest BCUT2D eigenvalue weighted by Crippen LogP contribution is -2.48. The summed E-state index contributed by atoms with van der Waals surface area (Å²) in [5.74, 6) is -0.0822. The van der Waals surface area contributed by atoms with Crippen molar-refractivity contribution in [3.63, 3.8) is 0 Å². The summed E-state index contributed by atoms with van der Waals surface area (Å²) in [7, 11) is -2.05. The predicted octanol–water partition coefficient (Wildman–Crippen LogP) is 0.405. The van der Waals surface area contributed by atoms with Crippen molar-refractivity contribution in [3.05, 3.63) is 29.8 Å². The first-order chi connectivity index (χ1) is 12.4. The van der Waals surface area contributed by atoms with Crippen LogP contribution in [0.15, 0.2) is 29.2 Å². The van der Waals surface area contributed by atoms with Crippen molar-refractivity contribution in [1.82, 2.24) is 10.0 Å². The van der Waals surface area contributed by atoms with E-state index in [4.69, 9.17) is 15.2 Å². The Morgan fingerprint density at radius 2 is 1.89 bits per heavy atom. The molecule has 1 heterocycles. The van der Waals surface area contributed by atoms with Gasteiger partial charge < -0.3 is 20.5 Å². The molecule has 27 heavy (non-hydrogen) atoms. The van der Waals surface area contributed by atoms with Crippen LogP contribution in [0.5, 0.6) is 0 Å². The number of sulfonamides is 1. The molecule has 1 saturated heterocycles. The molecule has 0 unspecified atom stereocenters. The van der Waals surface area contributed by atoms with E-state index in [2.05, 4.69) is 10.0 Å². The van der Waals surface area contributed by atoms with Gasteiger partial charge in [-0.25, -0.2) is 13.1 Å². The molecule has 4 N–H and O–H groups in total. The van der Waals surface area contributed by atoms with E-state index in [-0.39, 0.29) is 36.3 Å². The Balaban J connectivity index is 0.00000364. The Hall–Kier alpha value is -1.23. The lowest BCUT2D eigenvalue weighted by molar-refractivity contribution is -0.136. The van der Waals surface area contributed by atoms with Crippen molar-refractivity contribution < 1.29 is 22.7 Å². The fraction of sp³-hybridized carbons (Fsp3) is 0.588. The molecule has 0 spiro atoms. The van der Waals surface area contributed by atoms with Crippen LogP contribution in [0.25, 0.3) is 0 Å². The van der Waals surface area contributed by atoms with E-state index < -0.39 is 15.4 Å². The molecule has 1 aliphatic heterocycles. The van der Waals surface area contributed by atoms with E-state index >= 15 is 0 Å². The summed E-state index contributed by atoms with van der Waals surface area (Å²) in [6.07, 6.45) is 1.22. The van der Waals surface area contributed by atoms with Gasteiger partial charge in [0.15, 0.2) is 0 Å². The zero-order valence-electron chi connectivity index (χ0n) is 15.4. The van der Waals surface area contributed by atoms with Crippen molar-refractivity contribution >= 4 is 28.3 Å². The summed E-state index contributed by atoms with van der Waals surface area (Å²) in [4.78, 5) is 12.7. The molecule has 2 rings (SSSR count). The summed E-state index contributed by atoms with van der Waals surface area (Å²) >= 11 is 0. The number of hydrogen-bond acceptors (Lipinski definition) is 6. The number of amides is 1. The Morgan fingerprint density at radius 3 is 2.44 bits per heavy atom. The van der Waals surface area contributed by atoms with Gasteiger partial charge in [-0.3, -0.25) is 4.79 Å². The van der Waals surface area contributed by atoms with Gasteiger partial charge in [-0.1, -0.05) is 12.1 Å². The summed E-state index contributed by atoms with van der Waals surface area (Å²) in [6, 6.07) is 6.40. The highest BCUT2D eigenvalue weighted by atomic mass is 35.5. The molecule has 0 aromatic heterocycles. The molecular weight excluding hydrogens is 394 g/mol. The van der Waals surface area contributed by atoms with Gasteiger partial charge in [-0.2, -0.15) is 0 Å². The van der Waals surface area contributed by atoms with Gasteiger partial charge in [0.25, 0.3) is 0 Å². The highest BCUT2D eigenvalue weighted by molar-refractivity contribution is 7.89. The van der Waals surface area contributed by atoms with Crippen LogP contribution in [0.2, 0.25) is 0 Å². The normalized spacial score (nSPS) is 16.4. The van der Waals surface area contributed by atoms with E-state index in [1.165, 1.54) is 19.2 Å². The third-order valence-electron chi connectivity index (χ3n) is 4.61. The number of nitrogens with one attached hydrogen (secondary N) is 2. The Kier molecular flexibility index (Phi) is 9.65. The average molecular weight is 422 g/mol. The van der Waals surface area contributed by atoms with Gasteiger partial charge in [-0.05, 0) is 30.5 Å². The molecule has 1 fully saturated rings. The minimum Gasteiger partial charge on any atom is -0.383 e. The summed E-state index contributed by atoms with van der Waals surface area (Å²) in [6.45, 7) is 2.19. The first-order valence-electron chi connectivity index (χ1n) is 8.57. The molecule has 1 amide bonds. The Labute approximate surface area is 166 Å². The van der Waals surface area contributed by atoms with E-state index in [9.17, 15) is 13.2 Å². The van der Waals surface area contributed by atoms with Crippen LogP contribution < -0.4 is 15.8 Å². The number of carbonyl (C=O) groups excluding carboxylic acids is 1. The number of benzene rings is 1. The maximum atomic E-state index is 12.5. The van der Waals surface area contributed by atoms with Gasteiger partial charge in [-0.15, -0.1) is 12.4 Å². The molecule has 10 heteroatoms. The van der Waals surface area contributed by atoms with Crippen molar-refractivity contribution in [2.45, 2.75) is 24.3 Å². The number of ether oxygens (including phenoxy) is 2. The van der Waals surface area contributed by atoms with Crippen molar-refractivity contribution in [3.8, 4) is 0 Å². The molecule has 0 saturated carbocycles. The molecule has 0 radical (unpaired) electrons. The largest absolute Gasteiger partial charge is 0.383 e. The second kappa shape index (κ2) is 10.9. The molecule has 1 aliphatic rings. The van der Waals surface area contributed by atoms with E-state index in [0.29, 0.717) is 39.2 Å². The molecular formula is C17H28ClN3O5S. The summed E-state index contributed by atoms with van der Waals surface area (Å²) in [5, 5.41) is 2.90. The van der Waals surface area contributed by atoms with E-state index in [1.807, 2.05) is 0 Å². The minimum absolute atomic E-state index is 0. The van der Waals surface area contributed by atoms with Crippen LogP contribution >= 0.6 is 12.4 Å². The van der Waals surface area contributed by atoms with Crippen LogP contribution in [0.4, 0.5) is 0 Å². The average Bonchev–Trinajstić information content (AvgIpc) is 2.67. The van der Waals surface area contributed by atoms with Crippen LogP contribution in [0.3, 0.4) is 0 Å². The molecule has 1 aromatic carbocycles. The molecule has 1 aromatic rings. The number of carbonyl (C=O) groups is 1. The minimum atomic E-state index is -3.56. The number of rotatable bonds is 9. The lowest BCUT2D eigenvalue weighted by atomic mass is 9.79. The Morgan fingerprint density at radius 1 is 1.26 bits per heavy atom. The highest BCUT2D eigenvalue weighted by Gasteiger charge is 2.38. The smallest absolute Gasteiger partial charge is 0.240 e. The monoisotopic (exact) mass is 421 g/mol. The number of hydrogen-bond donors (Lipinski definition) is 3. The SMILES string of the molecule is COCCNS(=O)(=O)c1ccc(CNC(=O)C2(CN)CCOCC2)cc1.Cl. The standard InChI is InChI=1S/C17H27N3O5S.ClH/c1-24-11-8-20-26(22,23)15-4-2-14(3-5-15)12-19-16(21)17(13-18)6-9-25-10-7-17;/h2-5,20H,6-13,18H2,1H3,(H,19,21);1H. The molecule has 0 aliphatic carbocycles. The zero-order valence-corrected chi connectivity index (χ0v) is 17.0. The number of halogens is 1. The molecule has 8 nitrogen and oxygen atoms in total. The van der Waals surface area contributed by atoms with Crippen LogP contribution in [-0.2, 0) is 30.8 Å². The van der Waals surface area contributed by atoms with Crippen molar-refractivity contribution in [1.29, 1.82) is 0 Å². The van der Waals surface area contributed by atoms with E-state index in [0.717, 1.165) is 5.56 Å². The number of nitrogens with two attached hydrogens (primary N) is 1. The maximum absolute atomic E-state index is 12.5. The van der Waals surface area contributed by atoms with Crippen molar-refractivity contribution in [2.75, 3.05) is 40.0 Å². The third-order valence-corrected chi connectivity index (χ3v) is 6.08. The van der Waals surface area contributed by atoms with Crippen LogP contribution in [0, 0.1) is 5.41 Å².